The average molecular weight is 491 g/mol. The summed E-state index contributed by atoms with van der Waals surface area (Å²) < 4.78 is 5.64. The van der Waals surface area contributed by atoms with E-state index in [2.05, 4.69) is 10.3 Å². The number of nitro groups is 1. The number of nitriles is 1. The number of halogens is 1. The van der Waals surface area contributed by atoms with Crippen LogP contribution >= 0.6 is 22.9 Å². The van der Waals surface area contributed by atoms with E-state index in [9.17, 15) is 20.2 Å². The number of aromatic nitrogens is 1. The molecular formula is C24H15ClN4O4S. The molecule has 2 aromatic carbocycles. The summed E-state index contributed by atoms with van der Waals surface area (Å²) in [4.78, 5) is 28.5. The molecule has 0 atom stereocenters. The highest BCUT2D eigenvalue weighted by atomic mass is 35.5. The largest absolute Gasteiger partial charge is 0.456 e. The Kier molecular flexibility index (Phi) is 6.82. The molecule has 0 aliphatic heterocycles. The number of carbonyl (C=O) groups is 1. The number of benzene rings is 2. The van der Waals surface area contributed by atoms with Crippen LogP contribution in [0.25, 0.3) is 17.4 Å². The van der Waals surface area contributed by atoms with E-state index >= 15 is 0 Å². The molecule has 2 aromatic heterocycles. The number of amides is 1. The molecule has 8 nitrogen and oxygen atoms in total. The smallest absolute Gasteiger partial charge is 0.280 e. The summed E-state index contributed by atoms with van der Waals surface area (Å²) in [6.07, 6.45) is 3.53. The van der Waals surface area contributed by atoms with Crippen molar-refractivity contribution in [3.63, 3.8) is 0 Å². The number of thiazole rings is 1. The van der Waals surface area contributed by atoms with E-state index in [1.807, 2.05) is 24.3 Å². The molecule has 2 heterocycles. The third-order valence-corrected chi connectivity index (χ3v) is 5.83. The van der Waals surface area contributed by atoms with Crippen LogP contribution in [0.2, 0.25) is 5.02 Å². The molecule has 0 unspecified atom stereocenters. The predicted molar refractivity (Wildman–Crippen MR) is 129 cm³/mol. The van der Waals surface area contributed by atoms with Gasteiger partial charge in [0.05, 0.1) is 10.5 Å². The number of anilines is 1. The zero-order chi connectivity index (χ0) is 24.1. The number of nitrogens with zero attached hydrogens (tertiary/aromatic N) is 3. The maximum Gasteiger partial charge on any atom is 0.280 e. The van der Waals surface area contributed by atoms with Crippen LogP contribution in [-0.2, 0) is 11.2 Å². The molecule has 0 bridgehead atoms. The second-order valence-corrected chi connectivity index (χ2v) is 8.59. The highest BCUT2D eigenvalue weighted by Gasteiger charge is 2.18. The molecule has 10 heteroatoms. The van der Waals surface area contributed by atoms with Crippen LogP contribution in [0.3, 0.4) is 0 Å². The number of hydrogen-bond donors (Lipinski definition) is 1. The third kappa shape index (κ3) is 5.38. The van der Waals surface area contributed by atoms with Gasteiger partial charge in [-0.1, -0.05) is 35.9 Å². The van der Waals surface area contributed by atoms with E-state index in [0.717, 1.165) is 10.4 Å². The van der Waals surface area contributed by atoms with Crippen LogP contribution in [0, 0.1) is 21.4 Å². The van der Waals surface area contributed by atoms with Gasteiger partial charge < -0.3 is 4.42 Å². The maximum absolute atomic E-state index is 12.6. The minimum Gasteiger partial charge on any atom is -0.456 e. The van der Waals surface area contributed by atoms with E-state index in [1.165, 1.54) is 29.5 Å². The first-order chi connectivity index (χ1) is 16.4. The van der Waals surface area contributed by atoms with Crippen molar-refractivity contribution in [1.29, 1.82) is 5.26 Å². The number of para-hydroxylation sites is 1. The third-order valence-electron chi connectivity index (χ3n) is 4.69. The van der Waals surface area contributed by atoms with Crippen LogP contribution in [0.4, 0.5) is 10.8 Å². The van der Waals surface area contributed by atoms with E-state index < -0.39 is 10.8 Å². The van der Waals surface area contributed by atoms with E-state index in [-0.39, 0.29) is 22.8 Å². The molecule has 0 aliphatic rings. The summed E-state index contributed by atoms with van der Waals surface area (Å²) in [6.45, 7) is 0. The Balaban J connectivity index is 1.48. The molecule has 0 fully saturated rings. The van der Waals surface area contributed by atoms with Gasteiger partial charge in [-0.05, 0) is 35.9 Å². The Morgan fingerprint density at radius 1 is 1.24 bits per heavy atom. The second-order valence-electron chi connectivity index (χ2n) is 7.04. The first-order valence-corrected chi connectivity index (χ1v) is 11.1. The Hall–Kier alpha value is -4.26. The molecule has 4 aromatic rings. The van der Waals surface area contributed by atoms with Crippen molar-refractivity contribution in [2.45, 2.75) is 6.42 Å². The summed E-state index contributed by atoms with van der Waals surface area (Å²) >= 11 is 7.31. The SMILES string of the molecule is N#C/C(=C\c1ccc(-c2ccccc2[N+](=O)[O-])o1)C(=O)Nc1ncc(Cc2cccc(Cl)c2)s1. The number of nitro benzene ring substituents is 1. The Morgan fingerprint density at radius 2 is 2.06 bits per heavy atom. The lowest BCUT2D eigenvalue weighted by Gasteiger charge is -2.00. The van der Waals surface area contributed by atoms with Crippen LogP contribution in [0.15, 0.2) is 76.9 Å². The minimum absolute atomic E-state index is 0.108. The van der Waals surface area contributed by atoms with Gasteiger partial charge in [0.15, 0.2) is 5.13 Å². The number of carbonyl (C=O) groups excluding carboxylic acids is 1. The lowest BCUT2D eigenvalue weighted by atomic mass is 10.1. The molecule has 4 rings (SSSR count). The van der Waals surface area contributed by atoms with Crippen molar-refractivity contribution in [1.82, 2.24) is 4.98 Å². The lowest BCUT2D eigenvalue weighted by Crippen LogP contribution is -2.13. The fourth-order valence-corrected chi connectivity index (χ4v) is 4.22. The van der Waals surface area contributed by atoms with Crippen molar-refractivity contribution in [3.8, 4) is 17.4 Å². The van der Waals surface area contributed by atoms with Gasteiger partial charge >= 0.3 is 0 Å². The highest BCUT2D eigenvalue weighted by molar-refractivity contribution is 7.15. The van der Waals surface area contributed by atoms with Crippen LogP contribution < -0.4 is 5.32 Å². The molecule has 0 aliphatic carbocycles. The predicted octanol–water partition coefficient (Wildman–Crippen LogP) is 6.10. The number of rotatable bonds is 7. The lowest BCUT2D eigenvalue weighted by molar-refractivity contribution is -0.384. The topological polar surface area (TPSA) is 122 Å². The van der Waals surface area contributed by atoms with Crippen molar-refractivity contribution in [3.05, 3.63) is 104 Å². The van der Waals surface area contributed by atoms with Gasteiger partial charge in [-0.25, -0.2) is 4.98 Å². The van der Waals surface area contributed by atoms with Gasteiger partial charge in [0.2, 0.25) is 0 Å². The molecule has 0 radical (unpaired) electrons. The van der Waals surface area contributed by atoms with E-state index in [4.69, 9.17) is 16.0 Å². The van der Waals surface area contributed by atoms with E-state index in [1.54, 1.807) is 36.5 Å². The van der Waals surface area contributed by atoms with Crippen molar-refractivity contribution >= 4 is 45.7 Å². The first-order valence-electron chi connectivity index (χ1n) is 9.89. The zero-order valence-electron chi connectivity index (χ0n) is 17.4. The van der Waals surface area contributed by atoms with Crippen LogP contribution in [0.5, 0.6) is 0 Å². The number of hydrogen-bond acceptors (Lipinski definition) is 7. The van der Waals surface area contributed by atoms with Gasteiger partial charge in [0, 0.05) is 34.7 Å². The fourth-order valence-electron chi connectivity index (χ4n) is 3.17. The average Bonchev–Trinajstić information content (AvgIpc) is 3.47. The van der Waals surface area contributed by atoms with Gasteiger partial charge in [0.25, 0.3) is 11.6 Å². The Bertz CT molecular complexity index is 1450. The summed E-state index contributed by atoms with van der Waals surface area (Å²) in [7, 11) is 0. The molecule has 34 heavy (non-hydrogen) atoms. The second kappa shape index (κ2) is 10.1. The standard InChI is InChI=1S/C24H15ClN4O4S/c25-17-5-3-4-15(10-17)11-19-14-27-24(34-19)28-23(30)16(13-26)12-18-8-9-22(33-18)20-6-1-2-7-21(20)29(31)32/h1-10,12,14H,11H2,(H,27,28,30)/b16-12+. The first kappa shape index (κ1) is 22.9. The highest BCUT2D eigenvalue weighted by Crippen LogP contribution is 2.31. The fraction of sp³-hybridized carbons (Fsp3) is 0.0417. The molecular weight excluding hydrogens is 476 g/mol. The number of furan rings is 1. The molecule has 1 amide bonds. The summed E-state index contributed by atoms with van der Waals surface area (Å²) in [5.41, 5.74) is 1.00. The summed E-state index contributed by atoms with van der Waals surface area (Å²) in [5.74, 6) is -0.183. The van der Waals surface area contributed by atoms with Gasteiger partial charge in [-0.15, -0.1) is 11.3 Å². The summed E-state index contributed by atoms with van der Waals surface area (Å²) in [5, 5.41) is 24.3. The van der Waals surface area contributed by atoms with Crippen molar-refractivity contribution < 1.29 is 14.1 Å². The molecule has 168 valence electrons. The molecule has 0 saturated carbocycles. The molecule has 0 spiro atoms. The van der Waals surface area contributed by atoms with Crippen molar-refractivity contribution in [2.24, 2.45) is 0 Å². The molecule has 0 saturated heterocycles. The van der Waals surface area contributed by atoms with Gasteiger partial charge in [-0.2, -0.15) is 5.26 Å². The normalized spacial score (nSPS) is 11.1. The van der Waals surface area contributed by atoms with Crippen LogP contribution in [-0.4, -0.2) is 15.8 Å². The summed E-state index contributed by atoms with van der Waals surface area (Å²) in [6, 6.07) is 18.5. The number of nitrogens with one attached hydrogen (secondary N) is 1. The van der Waals surface area contributed by atoms with Gasteiger partial charge in [-0.3, -0.25) is 20.2 Å². The van der Waals surface area contributed by atoms with Gasteiger partial charge in [0.1, 0.15) is 23.2 Å². The van der Waals surface area contributed by atoms with E-state index in [0.29, 0.717) is 22.1 Å². The zero-order valence-corrected chi connectivity index (χ0v) is 19.0. The Labute approximate surface area is 202 Å². The van der Waals surface area contributed by atoms with Crippen LogP contribution in [0.1, 0.15) is 16.2 Å². The maximum atomic E-state index is 12.6. The van der Waals surface area contributed by atoms with Crippen molar-refractivity contribution in [2.75, 3.05) is 5.32 Å². The monoisotopic (exact) mass is 490 g/mol. The molecule has 1 N–H and O–H groups in total. The quantitative estimate of drug-likeness (QED) is 0.144. The minimum atomic E-state index is -0.644. The Morgan fingerprint density at radius 3 is 2.82 bits per heavy atom.